The Labute approximate surface area is 91.3 Å². The lowest BCUT2D eigenvalue weighted by Crippen LogP contribution is -2.24. The molecule has 0 saturated carbocycles. The van der Waals surface area contributed by atoms with Gasteiger partial charge in [0.05, 0.1) is 13.2 Å². The van der Waals surface area contributed by atoms with Gasteiger partial charge in [-0.2, -0.15) is 0 Å². The summed E-state index contributed by atoms with van der Waals surface area (Å²) in [6.07, 6.45) is 2.53. The molecule has 1 N–H and O–H groups in total. The van der Waals surface area contributed by atoms with Crippen LogP contribution in [0.15, 0.2) is 0 Å². The van der Waals surface area contributed by atoms with Gasteiger partial charge in [0.2, 0.25) is 0 Å². The Morgan fingerprint density at radius 1 is 1.60 bits per heavy atom. The van der Waals surface area contributed by atoms with E-state index in [-0.39, 0.29) is 5.97 Å². The molecule has 0 amide bonds. The summed E-state index contributed by atoms with van der Waals surface area (Å²) in [5.74, 6) is 0.566. The van der Waals surface area contributed by atoms with Gasteiger partial charge in [-0.15, -0.1) is 0 Å². The standard InChI is InChI=1S/C11H21NO3/c1-2-15-11(13)4-3-6-12-8-10-5-7-14-9-10/h10,12H,2-9H2,1H3. The predicted molar refractivity (Wildman–Crippen MR) is 57.7 cm³/mol. The lowest BCUT2D eigenvalue weighted by atomic mass is 10.1. The van der Waals surface area contributed by atoms with E-state index in [2.05, 4.69) is 5.32 Å². The maximum absolute atomic E-state index is 11.0. The third kappa shape index (κ3) is 5.74. The number of ether oxygens (including phenoxy) is 2. The van der Waals surface area contributed by atoms with Gasteiger partial charge in [-0.05, 0) is 32.2 Å². The fourth-order valence-electron chi connectivity index (χ4n) is 1.64. The number of rotatable bonds is 7. The quantitative estimate of drug-likeness (QED) is 0.507. The second-order valence-corrected chi connectivity index (χ2v) is 3.84. The molecule has 1 atom stereocenters. The number of hydrogen-bond donors (Lipinski definition) is 1. The number of hydrogen-bond acceptors (Lipinski definition) is 4. The SMILES string of the molecule is CCOC(=O)CCCNCC1CCOC1. The van der Waals surface area contributed by atoms with Crippen molar-refractivity contribution in [1.29, 1.82) is 0 Å². The highest BCUT2D eigenvalue weighted by Gasteiger charge is 2.14. The van der Waals surface area contributed by atoms with E-state index in [1.54, 1.807) is 0 Å². The predicted octanol–water partition coefficient (Wildman–Crippen LogP) is 0.956. The maximum atomic E-state index is 11.0. The molecule has 4 heteroatoms. The topological polar surface area (TPSA) is 47.6 Å². The molecule has 1 aliphatic heterocycles. The Balaban J connectivity index is 1.86. The van der Waals surface area contributed by atoms with Crippen LogP contribution < -0.4 is 5.32 Å². The molecule has 1 saturated heterocycles. The molecule has 1 aliphatic rings. The van der Waals surface area contributed by atoms with Gasteiger partial charge in [-0.3, -0.25) is 4.79 Å². The van der Waals surface area contributed by atoms with Gasteiger partial charge in [0.25, 0.3) is 0 Å². The highest BCUT2D eigenvalue weighted by molar-refractivity contribution is 5.69. The normalized spacial score (nSPS) is 20.5. The summed E-state index contributed by atoms with van der Waals surface area (Å²) in [5.41, 5.74) is 0. The van der Waals surface area contributed by atoms with Crippen molar-refractivity contribution in [3.05, 3.63) is 0 Å². The highest BCUT2D eigenvalue weighted by atomic mass is 16.5. The first-order valence-corrected chi connectivity index (χ1v) is 5.77. The molecule has 0 spiro atoms. The Kier molecular flexibility index (Phi) is 6.36. The maximum Gasteiger partial charge on any atom is 0.305 e. The lowest BCUT2D eigenvalue weighted by Gasteiger charge is -2.08. The van der Waals surface area contributed by atoms with Gasteiger partial charge in [0.1, 0.15) is 0 Å². The van der Waals surface area contributed by atoms with Crippen LogP contribution in [-0.2, 0) is 14.3 Å². The number of esters is 1. The van der Waals surface area contributed by atoms with E-state index in [4.69, 9.17) is 9.47 Å². The number of carbonyl (C=O) groups is 1. The molecule has 0 bridgehead atoms. The van der Waals surface area contributed by atoms with Crippen molar-refractivity contribution in [3.63, 3.8) is 0 Å². The van der Waals surface area contributed by atoms with E-state index < -0.39 is 0 Å². The largest absolute Gasteiger partial charge is 0.466 e. The van der Waals surface area contributed by atoms with E-state index in [9.17, 15) is 4.79 Å². The van der Waals surface area contributed by atoms with Crippen LogP contribution in [0.2, 0.25) is 0 Å². The van der Waals surface area contributed by atoms with Crippen LogP contribution in [0, 0.1) is 5.92 Å². The van der Waals surface area contributed by atoms with Crippen LogP contribution in [-0.4, -0.2) is 38.9 Å². The van der Waals surface area contributed by atoms with Crippen molar-refractivity contribution in [2.24, 2.45) is 5.92 Å². The second-order valence-electron chi connectivity index (χ2n) is 3.84. The average molecular weight is 215 g/mol. The third-order valence-corrected chi connectivity index (χ3v) is 2.50. The molecule has 0 aromatic rings. The molecule has 1 unspecified atom stereocenters. The summed E-state index contributed by atoms with van der Waals surface area (Å²) in [5, 5.41) is 3.34. The van der Waals surface area contributed by atoms with E-state index in [1.807, 2.05) is 6.92 Å². The summed E-state index contributed by atoms with van der Waals surface area (Å²) >= 11 is 0. The molecule has 0 aromatic carbocycles. The third-order valence-electron chi connectivity index (χ3n) is 2.50. The van der Waals surface area contributed by atoms with Gasteiger partial charge < -0.3 is 14.8 Å². The van der Waals surface area contributed by atoms with Crippen LogP contribution in [0.1, 0.15) is 26.2 Å². The molecule has 0 aromatic heterocycles. The molecule has 4 nitrogen and oxygen atoms in total. The van der Waals surface area contributed by atoms with Crippen LogP contribution in [0.3, 0.4) is 0 Å². The van der Waals surface area contributed by atoms with Gasteiger partial charge in [0, 0.05) is 19.6 Å². The van der Waals surface area contributed by atoms with Crippen LogP contribution >= 0.6 is 0 Å². The Morgan fingerprint density at radius 3 is 3.13 bits per heavy atom. The molecule has 0 aliphatic carbocycles. The van der Waals surface area contributed by atoms with Crippen molar-refractivity contribution in [2.45, 2.75) is 26.2 Å². The average Bonchev–Trinajstić information content (AvgIpc) is 2.70. The van der Waals surface area contributed by atoms with E-state index in [1.165, 1.54) is 0 Å². The van der Waals surface area contributed by atoms with Crippen molar-refractivity contribution < 1.29 is 14.3 Å². The molecule has 1 fully saturated rings. The van der Waals surface area contributed by atoms with Crippen molar-refractivity contribution in [3.8, 4) is 0 Å². The first-order valence-electron chi connectivity index (χ1n) is 5.77. The first kappa shape index (κ1) is 12.5. The minimum atomic E-state index is -0.0940. The minimum Gasteiger partial charge on any atom is -0.466 e. The monoisotopic (exact) mass is 215 g/mol. The molecule has 88 valence electrons. The summed E-state index contributed by atoms with van der Waals surface area (Å²) < 4.78 is 10.1. The van der Waals surface area contributed by atoms with Gasteiger partial charge in [0.15, 0.2) is 0 Å². The van der Waals surface area contributed by atoms with Crippen molar-refractivity contribution in [2.75, 3.05) is 32.9 Å². The van der Waals surface area contributed by atoms with Gasteiger partial charge >= 0.3 is 5.97 Å². The van der Waals surface area contributed by atoms with E-state index in [0.717, 1.165) is 39.1 Å². The zero-order valence-electron chi connectivity index (χ0n) is 9.46. The minimum absolute atomic E-state index is 0.0940. The van der Waals surface area contributed by atoms with Gasteiger partial charge in [-0.1, -0.05) is 0 Å². The number of nitrogens with one attached hydrogen (secondary N) is 1. The molecule has 1 heterocycles. The molecule has 1 rings (SSSR count). The van der Waals surface area contributed by atoms with Crippen LogP contribution in [0.4, 0.5) is 0 Å². The number of carbonyl (C=O) groups excluding carboxylic acids is 1. The summed E-state index contributed by atoms with van der Waals surface area (Å²) in [4.78, 5) is 11.0. The fraction of sp³-hybridized carbons (Fsp3) is 0.909. The Bertz CT molecular complexity index is 179. The second kappa shape index (κ2) is 7.65. The molecular weight excluding hydrogens is 194 g/mol. The summed E-state index contributed by atoms with van der Waals surface area (Å²) in [6.45, 7) is 5.97. The van der Waals surface area contributed by atoms with Crippen LogP contribution in [0.25, 0.3) is 0 Å². The van der Waals surface area contributed by atoms with Crippen molar-refractivity contribution >= 4 is 5.97 Å². The Hall–Kier alpha value is -0.610. The molecular formula is C11H21NO3. The van der Waals surface area contributed by atoms with E-state index in [0.29, 0.717) is 18.9 Å². The molecule has 0 radical (unpaired) electrons. The molecule has 15 heavy (non-hydrogen) atoms. The zero-order valence-corrected chi connectivity index (χ0v) is 9.46. The van der Waals surface area contributed by atoms with Crippen molar-refractivity contribution in [1.82, 2.24) is 5.32 Å². The Morgan fingerprint density at radius 2 is 2.47 bits per heavy atom. The van der Waals surface area contributed by atoms with E-state index >= 15 is 0 Å². The summed E-state index contributed by atoms with van der Waals surface area (Å²) in [7, 11) is 0. The lowest BCUT2D eigenvalue weighted by molar-refractivity contribution is -0.143. The summed E-state index contributed by atoms with van der Waals surface area (Å²) in [6, 6.07) is 0. The zero-order chi connectivity index (χ0) is 10.9. The first-order chi connectivity index (χ1) is 7.33. The van der Waals surface area contributed by atoms with Crippen LogP contribution in [0.5, 0.6) is 0 Å². The van der Waals surface area contributed by atoms with Gasteiger partial charge in [-0.25, -0.2) is 0 Å². The smallest absolute Gasteiger partial charge is 0.305 e. The fourth-order valence-corrected chi connectivity index (χ4v) is 1.64. The highest BCUT2D eigenvalue weighted by Crippen LogP contribution is 2.10.